The summed E-state index contributed by atoms with van der Waals surface area (Å²) in [5.41, 5.74) is 2.37. The van der Waals surface area contributed by atoms with Gasteiger partial charge >= 0.3 is 0 Å². The molecule has 0 aliphatic heterocycles. The first kappa shape index (κ1) is 32.7. The number of amides is 2. The lowest BCUT2D eigenvalue weighted by atomic mass is 10.0. The monoisotopic (exact) mass is 635 g/mol. The number of aryl methyl sites for hydroxylation is 1. The number of carbonyl (C=O) groups excluding carboxylic acids is 2. The van der Waals surface area contributed by atoms with Crippen LogP contribution in [0.2, 0.25) is 5.02 Å². The Labute approximate surface area is 263 Å². The SMILES string of the molecule is Cc1ccc(S(=O)(=O)N(CC(=O)N(Cc2ccc(F)cc2)C(Cc2ccccc2)C(=O)NC(C)C)c2ccccc2Cl)cc1. The largest absolute Gasteiger partial charge is 0.352 e. The third-order valence-corrected chi connectivity index (χ3v) is 9.07. The minimum Gasteiger partial charge on any atom is -0.352 e. The molecule has 0 saturated carbocycles. The van der Waals surface area contributed by atoms with Gasteiger partial charge in [0.05, 0.1) is 15.6 Å². The van der Waals surface area contributed by atoms with Crippen LogP contribution in [-0.4, -0.2) is 43.8 Å². The van der Waals surface area contributed by atoms with Gasteiger partial charge in [-0.3, -0.25) is 13.9 Å². The first-order valence-electron chi connectivity index (χ1n) is 14.2. The van der Waals surface area contributed by atoms with Gasteiger partial charge in [-0.05, 0) is 68.3 Å². The van der Waals surface area contributed by atoms with E-state index in [1.54, 1.807) is 30.3 Å². The van der Waals surface area contributed by atoms with Gasteiger partial charge < -0.3 is 10.2 Å². The molecule has 0 aromatic heterocycles. The Balaban J connectivity index is 1.81. The Hall–Kier alpha value is -4.21. The number of hydrogen-bond donors (Lipinski definition) is 1. The lowest BCUT2D eigenvalue weighted by Crippen LogP contribution is -2.54. The molecular weight excluding hydrogens is 601 g/mol. The number of sulfonamides is 1. The van der Waals surface area contributed by atoms with E-state index in [9.17, 15) is 22.4 Å². The number of hydrogen-bond acceptors (Lipinski definition) is 4. The van der Waals surface area contributed by atoms with Crippen LogP contribution in [0.15, 0.2) is 108 Å². The fraction of sp³-hybridized carbons (Fsp3) is 0.235. The lowest BCUT2D eigenvalue weighted by molar-refractivity contribution is -0.140. The summed E-state index contributed by atoms with van der Waals surface area (Å²) >= 11 is 6.49. The van der Waals surface area contributed by atoms with Gasteiger partial charge in [-0.25, -0.2) is 12.8 Å². The van der Waals surface area contributed by atoms with E-state index in [2.05, 4.69) is 5.32 Å². The van der Waals surface area contributed by atoms with Crippen molar-refractivity contribution in [3.63, 3.8) is 0 Å². The highest BCUT2D eigenvalue weighted by molar-refractivity contribution is 7.92. The molecule has 1 unspecified atom stereocenters. The molecule has 4 aromatic carbocycles. The van der Waals surface area contributed by atoms with E-state index >= 15 is 0 Å². The predicted octanol–water partition coefficient (Wildman–Crippen LogP) is 6.15. The molecule has 7 nitrogen and oxygen atoms in total. The van der Waals surface area contributed by atoms with Crippen molar-refractivity contribution in [3.8, 4) is 0 Å². The third kappa shape index (κ3) is 8.24. The molecule has 0 saturated heterocycles. The van der Waals surface area contributed by atoms with Gasteiger partial charge in [0.1, 0.15) is 18.4 Å². The molecule has 0 fully saturated rings. The highest BCUT2D eigenvalue weighted by Gasteiger charge is 2.35. The fourth-order valence-corrected chi connectivity index (χ4v) is 6.45. The zero-order chi connectivity index (χ0) is 31.9. The van der Waals surface area contributed by atoms with Crippen molar-refractivity contribution >= 4 is 39.1 Å². The summed E-state index contributed by atoms with van der Waals surface area (Å²) in [6.45, 7) is 4.77. The summed E-state index contributed by atoms with van der Waals surface area (Å²) in [6.07, 6.45) is 0.170. The van der Waals surface area contributed by atoms with Crippen molar-refractivity contribution in [2.45, 2.75) is 50.7 Å². The average molecular weight is 636 g/mol. The number of nitrogens with one attached hydrogen (secondary N) is 1. The Morgan fingerprint density at radius 2 is 1.45 bits per heavy atom. The molecule has 0 heterocycles. The van der Waals surface area contributed by atoms with E-state index in [-0.39, 0.29) is 34.6 Å². The molecule has 10 heteroatoms. The van der Waals surface area contributed by atoms with Crippen molar-refractivity contribution in [3.05, 3.63) is 131 Å². The minimum absolute atomic E-state index is 0.0145. The van der Waals surface area contributed by atoms with Gasteiger partial charge in [-0.1, -0.05) is 83.9 Å². The van der Waals surface area contributed by atoms with Crippen molar-refractivity contribution < 1.29 is 22.4 Å². The molecule has 0 aliphatic carbocycles. The molecular formula is C34H35ClFN3O4S. The smallest absolute Gasteiger partial charge is 0.264 e. The quantitative estimate of drug-likeness (QED) is 0.202. The number of benzene rings is 4. The van der Waals surface area contributed by atoms with Gasteiger partial charge in [-0.2, -0.15) is 0 Å². The van der Waals surface area contributed by atoms with Crippen molar-refractivity contribution in [2.75, 3.05) is 10.8 Å². The summed E-state index contributed by atoms with van der Waals surface area (Å²) in [6, 6.07) is 26.3. The summed E-state index contributed by atoms with van der Waals surface area (Å²) in [5.74, 6) is -1.48. The first-order valence-corrected chi connectivity index (χ1v) is 16.0. The number of carbonyl (C=O) groups is 2. The number of nitrogens with zero attached hydrogens (tertiary/aromatic N) is 2. The normalized spacial score (nSPS) is 12.0. The summed E-state index contributed by atoms with van der Waals surface area (Å²) in [7, 11) is -4.27. The second kappa shape index (κ2) is 14.5. The topological polar surface area (TPSA) is 86.8 Å². The van der Waals surface area contributed by atoms with Gasteiger partial charge in [0.25, 0.3) is 10.0 Å². The Kier molecular flexibility index (Phi) is 10.8. The maximum atomic E-state index is 14.4. The van der Waals surface area contributed by atoms with E-state index in [1.165, 1.54) is 47.4 Å². The van der Waals surface area contributed by atoms with Crippen LogP contribution in [0.4, 0.5) is 10.1 Å². The predicted molar refractivity (Wildman–Crippen MR) is 171 cm³/mol. The maximum absolute atomic E-state index is 14.4. The standard InChI is InChI=1S/C34H35ClFN3O4S/c1-24(2)37-34(41)32(21-26-9-5-4-6-10-26)38(22-27-15-17-28(36)18-16-27)33(40)23-39(31-12-8-7-11-30(31)35)44(42,43)29-19-13-25(3)14-20-29/h4-20,24,32H,21-23H2,1-3H3,(H,37,41). The van der Waals surface area contributed by atoms with Gasteiger partial charge in [-0.15, -0.1) is 0 Å². The highest BCUT2D eigenvalue weighted by atomic mass is 35.5. The van der Waals surface area contributed by atoms with Crippen molar-refractivity contribution in [1.29, 1.82) is 0 Å². The number of para-hydroxylation sites is 1. The lowest BCUT2D eigenvalue weighted by Gasteiger charge is -2.34. The molecule has 1 N–H and O–H groups in total. The van der Waals surface area contributed by atoms with Crippen LogP contribution < -0.4 is 9.62 Å². The van der Waals surface area contributed by atoms with Crippen molar-refractivity contribution in [2.24, 2.45) is 0 Å². The zero-order valence-electron chi connectivity index (χ0n) is 24.8. The molecule has 4 aromatic rings. The van der Waals surface area contributed by atoms with Crippen LogP contribution >= 0.6 is 11.6 Å². The summed E-state index contributed by atoms with van der Waals surface area (Å²) < 4.78 is 42.9. The second-order valence-electron chi connectivity index (χ2n) is 10.8. The van der Waals surface area contributed by atoms with E-state index in [1.807, 2.05) is 51.1 Å². The molecule has 230 valence electrons. The van der Waals surface area contributed by atoms with Crippen LogP contribution in [0.3, 0.4) is 0 Å². The van der Waals surface area contributed by atoms with E-state index in [0.29, 0.717) is 5.56 Å². The third-order valence-electron chi connectivity index (χ3n) is 6.98. The molecule has 0 aliphatic rings. The second-order valence-corrected chi connectivity index (χ2v) is 13.1. The Bertz CT molecular complexity index is 1680. The number of anilines is 1. The average Bonchev–Trinajstić information content (AvgIpc) is 2.99. The highest BCUT2D eigenvalue weighted by Crippen LogP contribution is 2.31. The van der Waals surface area contributed by atoms with E-state index in [4.69, 9.17) is 11.6 Å². The number of halogens is 2. The molecule has 0 bridgehead atoms. The molecule has 1 atom stereocenters. The van der Waals surface area contributed by atoms with E-state index in [0.717, 1.165) is 15.4 Å². The van der Waals surface area contributed by atoms with Crippen LogP contribution in [-0.2, 0) is 32.6 Å². The Morgan fingerprint density at radius 3 is 2.07 bits per heavy atom. The summed E-state index contributed by atoms with van der Waals surface area (Å²) in [4.78, 5) is 29.4. The van der Waals surface area contributed by atoms with Crippen LogP contribution in [0, 0.1) is 12.7 Å². The first-order chi connectivity index (χ1) is 21.0. The maximum Gasteiger partial charge on any atom is 0.264 e. The molecule has 2 amide bonds. The number of rotatable bonds is 12. The van der Waals surface area contributed by atoms with Gasteiger partial charge in [0.15, 0.2) is 0 Å². The van der Waals surface area contributed by atoms with Gasteiger partial charge in [0.2, 0.25) is 11.8 Å². The minimum atomic E-state index is -4.27. The summed E-state index contributed by atoms with van der Waals surface area (Å²) in [5, 5.41) is 3.04. The van der Waals surface area contributed by atoms with Crippen LogP contribution in [0.1, 0.15) is 30.5 Å². The Morgan fingerprint density at radius 1 is 0.841 bits per heavy atom. The zero-order valence-corrected chi connectivity index (χ0v) is 26.4. The van der Waals surface area contributed by atoms with Crippen molar-refractivity contribution in [1.82, 2.24) is 10.2 Å². The molecule has 4 rings (SSSR count). The fourth-order valence-electron chi connectivity index (χ4n) is 4.73. The molecule has 0 radical (unpaired) electrons. The van der Waals surface area contributed by atoms with E-state index < -0.39 is 40.2 Å². The van der Waals surface area contributed by atoms with Crippen LogP contribution in [0.5, 0.6) is 0 Å². The molecule has 0 spiro atoms. The van der Waals surface area contributed by atoms with Crippen LogP contribution in [0.25, 0.3) is 0 Å². The molecule has 44 heavy (non-hydrogen) atoms. The van der Waals surface area contributed by atoms with Gasteiger partial charge in [0, 0.05) is 19.0 Å².